The van der Waals surface area contributed by atoms with Gasteiger partial charge in [-0.2, -0.15) is 0 Å². The number of amides is 1. The number of carbonyl (C=O) groups is 1. The Hall–Kier alpha value is -3.40. The van der Waals surface area contributed by atoms with Crippen LogP contribution in [0.2, 0.25) is 0 Å². The summed E-state index contributed by atoms with van der Waals surface area (Å²) in [5.74, 6) is 0.846. The largest absolute Gasteiger partial charge is 0.349 e. The van der Waals surface area contributed by atoms with Crippen LogP contribution in [0.15, 0.2) is 78.9 Å². The highest BCUT2D eigenvalue weighted by atomic mass is 16.1. The second kappa shape index (κ2) is 7.46. The zero-order chi connectivity index (χ0) is 18.6. The van der Waals surface area contributed by atoms with E-state index in [0.717, 1.165) is 28.0 Å². The van der Waals surface area contributed by atoms with Crippen LogP contribution in [0.3, 0.4) is 0 Å². The lowest BCUT2D eigenvalue weighted by molar-refractivity contribution is -0.120. The number of hydrogen-bond acceptors (Lipinski definition) is 2. The van der Waals surface area contributed by atoms with Crippen LogP contribution in [0.1, 0.15) is 11.4 Å². The first-order valence-corrected chi connectivity index (χ1v) is 9.02. The summed E-state index contributed by atoms with van der Waals surface area (Å²) in [5, 5.41) is 2.97. The van der Waals surface area contributed by atoms with Gasteiger partial charge in [-0.25, -0.2) is 4.98 Å². The van der Waals surface area contributed by atoms with E-state index in [1.54, 1.807) is 0 Å². The molecule has 27 heavy (non-hydrogen) atoms. The number of para-hydroxylation sites is 2. The van der Waals surface area contributed by atoms with E-state index >= 15 is 0 Å². The van der Waals surface area contributed by atoms with Crippen molar-refractivity contribution in [1.29, 1.82) is 0 Å². The van der Waals surface area contributed by atoms with E-state index in [4.69, 9.17) is 0 Å². The van der Waals surface area contributed by atoms with E-state index in [-0.39, 0.29) is 5.91 Å². The third-order valence-electron chi connectivity index (χ3n) is 4.75. The number of aryl methyl sites for hydroxylation is 1. The smallest absolute Gasteiger partial charge is 0.224 e. The van der Waals surface area contributed by atoms with Gasteiger partial charge in [-0.05, 0) is 28.8 Å². The highest BCUT2D eigenvalue weighted by Gasteiger charge is 2.09. The van der Waals surface area contributed by atoms with Crippen molar-refractivity contribution in [2.75, 3.05) is 0 Å². The molecule has 4 rings (SSSR count). The maximum Gasteiger partial charge on any atom is 0.224 e. The van der Waals surface area contributed by atoms with Gasteiger partial charge in [-0.3, -0.25) is 4.79 Å². The molecule has 0 aliphatic heterocycles. The topological polar surface area (TPSA) is 46.9 Å². The molecule has 0 fully saturated rings. The maximum absolute atomic E-state index is 12.3. The molecular formula is C23H21N3O. The molecule has 0 unspecified atom stereocenters. The van der Waals surface area contributed by atoms with Crippen molar-refractivity contribution in [3.63, 3.8) is 0 Å². The molecule has 1 N–H and O–H groups in total. The quantitative estimate of drug-likeness (QED) is 0.586. The number of benzene rings is 3. The van der Waals surface area contributed by atoms with Crippen molar-refractivity contribution in [2.24, 2.45) is 7.05 Å². The summed E-state index contributed by atoms with van der Waals surface area (Å²) in [6, 6.07) is 26.3. The average molecular weight is 355 g/mol. The summed E-state index contributed by atoms with van der Waals surface area (Å²) in [4.78, 5) is 16.9. The molecule has 4 aromatic rings. The van der Waals surface area contributed by atoms with Crippen molar-refractivity contribution in [3.8, 4) is 11.1 Å². The molecule has 4 heteroatoms. The number of aromatic nitrogens is 2. The van der Waals surface area contributed by atoms with E-state index in [9.17, 15) is 4.79 Å². The first kappa shape index (κ1) is 17.0. The van der Waals surface area contributed by atoms with Gasteiger partial charge in [0.15, 0.2) is 0 Å². The van der Waals surface area contributed by atoms with Gasteiger partial charge in [-0.15, -0.1) is 0 Å². The lowest BCUT2D eigenvalue weighted by Gasteiger charge is -2.07. The van der Waals surface area contributed by atoms with Gasteiger partial charge >= 0.3 is 0 Å². The van der Waals surface area contributed by atoms with Gasteiger partial charge in [0.05, 0.1) is 24.0 Å². The van der Waals surface area contributed by atoms with Crippen LogP contribution < -0.4 is 5.32 Å². The summed E-state index contributed by atoms with van der Waals surface area (Å²) < 4.78 is 2.02. The number of imidazole rings is 1. The number of fused-ring (bicyclic) bond motifs is 1. The number of nitrogens with one attached hydrogen (secondary N) is 1. The number of carbonyl (C=O) groups excluding carboxylic acids is 1. The normalized spacial score (nSPS) is 10.9. The minimum Gasteiger partial charge on any atom is -0.349 e. The fraction of sp³-hybridized carbons (Fsp3) is 0.130. The van der Waals surface area contributed by atoms with Crippen molar-refractivity contribution >= 4 is 16.9 Å². The van der Waals surface area contributed by atoms with E-state index in [2.05, 4.69) is 34.6 Å². The van der Waals surface area contributed by atoms with Crippen molar-refractivity contribution in [2.45, 2.75) is 13.0 Å². The summed E-state index contributed by atoms with van der Waals surface area (Å²) in [5.41, 5.74) is 5.34. The second-order valence-corrected chi connectivity index (χ2v) is 6.59. The third kappa shape index (κ3) is 3.75. The van der Waals surface area contributed by atoms with Gasteiger partial charge in [0.25, 0.3) is 0 Å². The molecule has 0 saturated carbocycles. The summed E-state index contributed by atoms with van der Waals surface area (Å²) in [6.45, 7) is 0.423. The molecule has 134 valence electrons. The van der Waals surface area contributed by atoms with Crippen molar-refractivity contribution in [1.82, 2.24) is 14.9 Å². The van der Waals surface area contributed by atoms with Crippen LogP contribution in [-0.4, -0.2) is 15.5 Å². The fourth-order valence-electron chi connectivity index (χ4n) is 3.22. The molecule has 3 aromatic carbocycles. The van der Waals surface area contributed by atoms with Crippen LogP contribution >= 0.6 is 0 Å². The van der Waals surface area contributed by atoms with Crippen LogP contribution in [-0.2, 0) is 24.8 Å². The molecule has 0 saturated heterocycles. The molecule has 0 radical (unpaired) electrons. The SMILES string of the molecule is Cn1c(CNC(=O)Cc2ccc(-c3ccccc3)cc2)nc2ccccc21. The van der Waals surface area contributed by atoms with Gasteiger partial charge in [0.2, 0.25) is 5.91 Å². The Kier molecular flexibility index (Phi) is 4.71. The molecule has 1 amide bonds. The van der Waals surface area contributed by atoms with Gasteiger partial charge in [0, 0.05) is 7.05 Å². The summed E-state index contributed by atoms with van der Waals surface area (Å²) in [7, 11) is 1.97. The molecular weight excluding hydrogens is 334 g/mol. The van der Waals surface area contributed by atoms with Crippen LogP contribution in [0.4, 0.5) is 0 Å². The fourth-order valence-corrected chi connectivity index (χ4v) is 3.22. The third-order valence-corrected chi connectivity index (χ3v) is 4.75. The predicted molar refractivity (Wildman–Crippen MR) is 108 cm³/mol. The number of nitrogens with zero attached hydrogens (tertiary/aromatic N) is 2. The van der Waals surface area contributed by atoms with E-state index < -0.39 is 0 Å². The zero-order valence-electron chi connectivity index (χ0n) is 15.2. The summed E-state index contributed by atoms with van der Waals surface area (Å²) in [6.07, 6.45) is 0.360. The lowest BCUT2D eigenvalue weighted by atomic mass is 10.0. The predicted octanol–water partition coefficient (Wildman–Crippen LogP) is 4.10. The minimum absolute atomic E-state index is 0.00508. The second-order valence-electron chi connectivity index (χ2n) is 6.59. The Labute approximate surface area is 158 Å². The molecule has 1 heterocycles. The summed E-state index contributed by atoms with van der Waals surface area (Å²) >= 11 is 0. The number of hydrogen-bond donors (Lipinski definition) is 1. The van der Waals surface area contributed by atoms with Gasteiger partial charge < -0.3 is 9.88 Å². The first-order chi connectivity index (χ1) is 13.2. The molecule has 1 aromatic heterocycles. The van der Waals surface area contributed by atoms with Gasteiger partial charge in [-0.1, -0.05) is 66.7 Å². The number of rotatable bonds is 5. The standard InChI is InChI=1S/C23H21N3O/c1-26-21-10-6-5-9-20(21)25-22(26)16-24-23(27)15-17-11-13-19(14-12-17)18-7-3-2-4-8-18/h2-14H,15-16H2,1H3,(H,24,27). The Morgan fingerprint density at radius 2 is 1.56 bits per heavy atom. The Bertz CT molecular complexity index is 1070. The van der Waals surface area contributed by atoms with Gasteiger partial charge in [0.1, 0.15) is 5.82 Å². The monoisotopic (exact) mass is 355 g/mol. The molecule has 0 aliphatic rings. The highest BCUT2D eigenvalue weighted by Crippen LogP contribution is 2.19. The molecule has 4 nitrogen and oxygen atoms in total. The molecule has 0 atom stereocenters. The average Bonchev–Trinajstić information content (AvgIpc) is 3.04. The maximum atomic E-state index is 12.3. The van der Waals surface area contributed by atoms with Crippen molar-refractivity contribution < 1.29 is 4.79 Å². The van der Waals surface area contributed by atoms with Crippen molar-refractivity contribution in [3.05, 3.63) is 90.3 Å². The van der Waals surface area contributed by atoms with Crippen LogP contribution in [0.25, 0.3) is 22.2 Å². The Balaban J connectivity index is 1.38. The molecule has 0 bridgehead atoms. The molecule has 0 aliphatic carbocycles. The first-order valence-electron chi connectivity index (χ1n) is 9.02. The van der Waals surface area contributed by atoms with Crippen LogP contribution in [0, 0.1) is 0 Å². The van der Waals surface area contributed by atoms with Crippen LogP contribution in [0.5, 0.6) is 0 Å². The van der Waals surface area contributed by atoms with E-state index in [1.165, 1.54) is 5.56 Å². The van der Waals surface area contributed by atoms with E-state index in [1.807, 2.05) is 66.2 Å². The zero-order valence-corrected chi connectivity index (χ0v) is 15.2. The Morgan fingerprint density at radius 1 is 0.889 bits per heavy atom. The minimum atomic E-state index is -0.00508. The Morgan fingerprint density at radius 3 is 2.30 bits per heavy atom. The molecule has 0 spiro atoms. The highest BCUT2D eigenvalue weighted by molar-refractivity contribution is 5.79. The van der Waals surface area contributed by atoms with E-state index in [0.29, 0.717) is 13.0 Å². The lowest BCUT2D eigenvalue weighted by Crippen LogP contribution is -2.25.